The summed E-state index contributed by atoms with van der Waals surface area (Å²) in [6.07, 6.45) is 9.53. The Labute approximate surface area is 152 Å². The van der Waals surface area contributed by atoms with Crippen LogP contribution in [0.4, 0.5) is 5.69 Å². The van der Waals surface area contributed by atoms with Gasteiger partial charge in [0.05, 0.1) is 0 Å². The minimum absolute atomic E-state index is 0.780. The van der Waals surface area contributed by atoms with Crippen LogP contribution in [-0.4, -0.2) is 16.3 Å². The van der Waals surface area contributed by atoms with E-state index in [1.807, 2.05) is 73.1 Å². The number of nitrogens with one attached hydrogen (secondary N) is 1. The summed E-state index contributed by atoms with van der Waals surface area (Å²) in [7, 11) is 0. The van der Waals surface area contributed by atoms with Gasteiger partial charge in [-0.3, -0.25) is 9.78 Å². The Morgan fingerprint density at radius 3 is 2.54 bits per heavy atom. The zero-order valence-corrected chi connectivity index (χ0v) is 14.2. The summed E-state index contributed by atoms with van der Waals surface area (Å²) in [5, 5.41) is 1.14. The summed E-state index contributed by atoms with van der Waals surface area (Å²) >= 11 is 0. The first kappa shape index (κ1) is 17.2. The summed E-state index contributed by atoms with van der Waals surface area (Å²) < 4.78 is 0. The molecule has 2 heterocycles. The van der Waals surface area contributed by atoms with Crippen LogP contribution in [0, 0.1) is 0 Å². The van der Waals surface area contributed by atoms with Crippen molar-refractivity contribution in [2.24, 2.45) is 0 Å². The number of pyridine rings is 1. The number of benzene rings is 2. The molecule has 2 aromatic carbocycles. The number of H-pyrrole nitrogens is 1. The molecule has 0 aliphatic heterocycles. The van der Waals surface area contributed by atoms with Crippen LogP contribution >= 0.6 is 0 Å². The van der Waals surface area contributed by atoms with Crippen LogP contribution in [0.25, 0.3) is 28.1 Å². The maximum Gasteiger partial charge on any atom is 0.142 e. The van der Waals surface area contributed by atoms with Crippen molar-refractivity contribution in [1.82, 2.24) is 9.97 Å². The average molecular weight is 341 g/mol. The van der Waals surface area contributed by atoms with Crippen LogP contribution in [0.15, 0.2) is 85.3 Å². The maximum atomic E-state index is 10.1. The molecule has 128 valence electrons. The van der Waals surface area contributed by atoms with Crippen molar-refractivity contribution in [3.05, 3.63) is 90.9 Å². The van der Waals surface area contributed by atoms with Gasteiger partial charge in [0.25, 0.3) is 0 Å². The van der Waals surface area contributed by atoms with Crippen molar-refractivity contribution in [3.63, 3.8) is 0 Å². The summed E-state index contributed by atoms with van der Waals surface area (Å²) in [6.45, 7) is 0. The van der Waals surface area contributed by atoms with E-state index in [2.05, 4.69) is 9.97 Å². The molecular formula is C22H19N3O. The van der Waals surface area contributed by atoms with E-state index in [9.17, 15) is 4.79 Å². The lowest BCUT2D eigenvalue weighted by Crippen LogP contribution is -1.88. The topological polar surface area (TPSA) is 71.8 Å². The van der Waals surface area contributed by atoms with Crippen molar-refractivity contribution in [2.45, 2.75) is 0 Å². The Balaban J connectivity index is 0.000000151. The number of allylic oxidation sites excluding steroid dienone is 1. The van der Waals surface area contributed by atoms with Crippen molar-refractivity contribution in [3.8, 4) is 11.1 Å². The number of aromatic nitrogens is 2. The Kier molecular flexibility index (Phi) is 5.58. The molecule has 2 aromatic heterocycles. The van der Waals surface area contributed by atoms with Gasteiger partial charge in [-0.2, -0.15) is 0 Å². The first-order valence-electron chi connectivity index (χ1n) is 8.22. The van der Waals surface area contributed by atoms with Gasteiger partial charge in [0, 0.05) is 46.3 Å². The number of carbonyl (C=O) groups excluding carboxylic acids is 1. The number of fused-ring (bicyclic) bond motifs is 1. The molecular weight excluding hydrogens is 322 g/mol. The van der Waals surface area contributed by atoms with Gasteiger partial charge < -0.3 is 10.7 Å². The zero-order chi connectivity index (χ0) is 18.2. The molecule has 4 aromatic rings. The number of carbonyl (C=O) groups is 1. The molecule has 0 aliphatic rings. The molecule has 0 saturated carbocycles. The molecule has 0 atom stereocenters. The second-order valence-electron chi connectivity index (χ2n) is 5.61. The maximum absolute atomic E-state index is 10.1. The van der Waals surface area contributed by atoms with Gasteiger partial charge in [0.15, 0.2) is 0 Å². The molecule has 0 unspecified atom stereocenters. The fourth-order valence-corrected chi connectivity index (χ4v) is 2.66. The number of hydrogen-bond acceptors (Lipinski definition) is 3. The summed E-state index contributed by atoms with van der Waals surface area (Å²) in [4.78, 5) is 17.3. The molecule has 4 heteroatoms. The molecule has 0 spiro atoms. The fourth-order valence-electron chi connectivity index (χ4n) is 2.66. The van der Waals surface area contributed by atoms with E-state index in [-0.39, 0.29) is 0 Å². The number of aromatic amines is 1. The highest BCUT2D eigenvalue weighted by molar-refractivity contribution is 5.90. The van der Waals surface area contributed by atoms with Crippen LogP contribution in [0.5, 0.6) is 0 Å². The van der Waals surface area contributed by atoms with E-state index in [0.717, 1.165) is 39.6 Å². The van der Waals surface area contributed by atoms with Crippen molar-refractivity contribution in [2.75, 3.05) is 5.73 Å². The Morgan fingerprint density at radius 1 is 0.962 bits per heavy atom. The number of nitrogens with two attached hydrogens (primary N) is 1. The number of para-hydroxylation sites is 2. The minimum Gasteiger partial charge on any atom is -0.398 e. The van der Waals surface area contributed by atoms with E-state index >= 15 is 0 Å². The third-order valence-corrected chi connectivity index (χ3v) is 3.91. The number of rotatable bonds is 3. The molecule has 4 rings (SSSR count). The number of anilines is 1. The molecule has 0 bridgehead atoms. The second-order valence-corrected chi connectivity index (χ2v) is 5.61. The normalized spacial score (nSPS) is 10.5. The van der Waals surface area contributed by atoms with Gasteiger partial charge >= 0.3 is 0 Å². The molecule has 0 fully saturated rings. The summed E-state index contributed by atoms with van der Waals surface area (Å²) in [5.41, 5.74) is 10.8. The van der Waals surface area contributed by atoms with Gasteiger partial charge in [0.2, 0.25) is 0 Å². The minimum atomic E-state index is 0.780. The summed E-state index contributed by atoms with van der Waals surface area (Å²) in [6, 6.07) is 19.7. The molecule has 3 N–H and O–H groups in total. The van der Waals surface area contributed by atoms with E-state index in [1.165, 1.54) is 6.08 Å². The van der Waals surface area contributed by atoms with Crippen LogP contribution < -0.4 is 5.73 Å². The van der Waals surface area contributed by atoms with Crippen LogP contribution in [0.3, 0.4) is 0 Å². The van der Waals surface area contributed by atoms with Crippen LogP contribution in [0.1, 0.15) is 5.56 Å². The SMILES string of the molecule is Nc1ccccc1-c1cccnc1.O=C/C=C/c1c[nH]c2ccccc12. The Hall–Kier alpha value is -3.66. The van der Waals surface area contributed by atoms with E-state index < -0.39 is 0 Å². The standard InChI is InChI=1S/C11H10N2.C11H9NO/c12-11-6-2-1-5-10(11)9-4-3-7-13-8-9;13-7-3-4-9-8-12-11-6-2-1-5-10(9)11/h1-8H,12H2;1-8,12H/b;4-3+. The Bertz CT molecular complexity index is 1020. The largest absolute Gasteiger partial charge is 0.398 e. The first-order valence-corrected chi connectivity index (χ1v) is 8.22. The highest BCUT2D eigenvalue weighted by Crippen LogP contribution is 2.23. The molecule has 0 saturated heterocycles. The van der Waals surface area contributed by atoms with Gasteiger partial charge in [-0.25, -0.2) is 0 Å². The zero-order valence-electron chi connectivity index (χ0n) is 14.2. The lowest BCUT2D eigenvalue weighted by atomic mass is 10.1. The predicted molar refractivity (Wildman–Crippen MR) is 107 cm³/mol. The number of aldehydes is 1. The van der Waals surface area contributed by atoms with Gasteiger partial charge in [0.1, 0.15) is 6.29 Å². The van der Waals surface area contributed by atoms with Crippen molar-refractivity contribution in [1.29, 1.82) is 0 Å². The summed E-state index contributed by atoms with van der Waals surface area (Å²) in [5.74, 6) is 0. The van der Waals surface area contributed by atoms with Crippen molar-refractivity contribution >= 4 is 29.0 Å². The van der Waals surface area contributed by atoms with E-state index in [0.29, 0.717) is 0 Å². The second kappa shape index (κ2) is 8.44. The lowest BCUT2D eigenvalue weighted by Gasteiger charge is -2.03. The van der Waals surface area contributed by atoms with Crippen LogP contribution in [0.2, 0.25) is 0 Å². The molecule has 0 aliphatic carbocycles. The third kappa shape index (κ3) is 4.05. The molecule has 0 amide bonds. The Morgan fingerprint density at radius 2 is 1.77 bits per heavy atom. The first-order chi connectivity index (χ1) is 12.8. The number of nitrogen functional groups attached to an aromatic ring is 1. The van der Waals surface area contributed by atoms with E-state index in [4.69, 9.17) is 5.73 Å². The van der Waals surface area contributed by atoms with Crippen molar-refractivity contribution < 1.29 is 4.79 Å². The van der Waals surface area contributed by atoms with Crippen LogP contribution in [-0.2, 0) is 4.79 Å². The average Bonchev–Trinajstić information content (AvgIpc) is 3.11. The third-order valence-electron chi connectivity index (χ3n) is 3.91. The lowest BCUT2D eigenvalue weighted by molar-refractivity contribution is -0.104. The highest BCUT2D eigenvalue weighted by Gasteiger charge is 1.99. The number of hydrogen-bond donors (Lipinski definition) is 2. The molecule has 4 nitrogen and oxygen atoms in total. The molecule has 0 radical (unpaired) electrons. The fraction of sp³-hybridized carbons (Fsp3) is 0. The van der Waals surface area contributed by atoms with Gasteiger partial charge in [-0.1, -0.05) is 42.5 Å². The predicted octanol–water partition coefficient (Wildman–Crippen LogP) is 4.71. The number of nitrogens with zero attached hydrogens (tertiary/aromatic N) is 1. The highest BCUT2D eigenvalue weighted by atomic mass is 16.1. The quantitative estimate of drug-likeness (QED) is 0.322. The van der Waals surface area contributed by atoms with E-state index in [1.54, 1.807) is 12.3 Å². The van der Waals surface area contributed by atoms with Gasteiger partial charge in [-0.05, 0) is 35.9 Å². The van der Waals surface area contributed by atoms with Gasteiger partial charge in [-0.15, -0.1) is 0 Å². The smallest absolute Gasteiger partial charge is 0.142 e. The monoisotopic (exact) mass is 341 g/mol. The molecule has 26 heavy (non-hydrogen) atoms.